The first-order chi connectivity index (χ1) is 9.01. The van der Waals surface area contributed by atoms with E-state index in [0.717, 1.165) is 5.56 Å². The number of carbonyl (C=O) groups excluding carboxylic acids is 1. The van der Waals surface area contributed by atoms with Crippen LogP contribution in [-0.4, -0.2) is 45.7 Å². The average molecular weight is 268 g/mol. The highest BCUT2D eigenvalue weighted by atomic mass is 16.5. The van der Waals surface area contributed by atoms with Gasteiger partial charge in [-0.15, -0.1) is 0 Å². The molecule has 106 valence electrons. The van der Waals surface area contributed by atoms with Crippen LogP contribution >= 0.6 is 0 Å². The Kier molecular flexibility index (Phi) is 5.44. The smallest absolute Gasteiger partial charge is 0.231 e. The monoisotopic (exact) mass is 268 g/mol. The lowest BCUT2D eigenvalue weighted by Crippen LogP contribution is -2.30. The van der Waals surface area contributed by atoms with Gasteiger partial charge in [0.1, 0.15) is 0 Å². The number of methoxy groups -OCH3 is 3. The lowest BCUT2D eigenvalue weighted by atomic mass is 10.1. The van der Waals surface area contributed by atoms with Gasteiger partial charge in [0.05, 0.1) is 27.9 Å². The van der Waals surface area contributed by atoms with Crippen LogP contribution in [0.5, 0.6) is 17.2 Å². The summed E-state index contributed by atoms with van der Waals surface area (Å²) in [5, 5.41) is 0. The first-order valence-corrected chi connectivity index (χ1v) is 5.77. The Morgan fingerprint density at radius 1 is 1.16 bits per heavy atom. The summed E-state index contributed by atoms with van der Waals surface area (Å²) in [6.45, 7) is 0.746. The van der Waals surface area contributed by atoms with E-state index in [-0.39, 0.29) is 12.5 Å². The minimum absolute atomic E-state index is 0.191. The molecule has 6 heteroatoms. The van der Waals surface area contributed by atoms with Crippen molar-refractivity contribution < 1.29 is 19.0 Å². The van der Waals surface area contributed by atoms with Crippen molar-refractivity contribution in [3.8, 4) is 17.2 Å². The van der Waals surface area contributed by atoms with E-state index in [1.165, 1.54) is 0 Å². The summed E-state index contributed by atoms with van der Waals surface area (Å²) in [6.07, 6.45) is 0. The summed E-state index contributed by atoms with van der Waals surface area (Å²) in [5.74, 6) is 1.36. The molecule has 1 amide bonds. The Labute approximate surface area is 113 Å². The van der Waals surface area contributed by atoms with E-state index in [4.69, 9.17) is 19.9 Å². The Balaban J connectivity index is 2.99. The number of nitrogens with zero attached hydrogens (tertiary/aromatic N) is 1. The second-order valence-corrected chi connectivity index (χ2v) is 4.17. The van der Waals surface area contributed by atoms with Crippen LogP contribution in [0.1, 0.15) is 5.56 Å². The van der Waals surface area contributed by atoms with E-state index in [1.807, 2.05) is 24.1 Å². The summed E-state index contributed by atoms with van der Waals surface area (Å²) in [6, 6.07) is 3.69. The second kappa shape index (κ2) is 6.84. The van der Waals surface area contributed by atoms with Gasteiger partial charge in [0, 0.05) is 6.54 Å². The van der Waals surface area contributed by atoms with Crippen LogP contribution in [0, 0.1) is 0 Å². The van der Waals surface area contributed by atoms with Crippen molar-refractivity contribution in [3.63, 3.8) is 0 Å². The summed E-state index contributed by atoms with van der Waals surface area (Å²) in [4.78, 5) is 12.7. The molecule has 0 aliphatic heterocycles. The molecule has 2 N–H and O–H groups in total. The number of amides is 1. The maximum Gasteiger partial charge on any atom is 0.231 e. The highest BCUT2D eigenvalue weighted by molar-refractivity contribution is 5.75. The largest absolute Gasteiger partial charge is 0.493 e. The van der Waals surface area contributed by atoms with Crippen LogP contribution in [0.2, 0.25) is 0 Å². The van der Waals surface area contributed by atoms with E-state index in [2.05, 4.69) is 0 Å². The van der Waals surface area contributed by atoms with Crippen molar-refractivity contribution in [3.05, 3.63) is 17.7 Å². The van der Waals surface area contributed by atoms with Crippen LogP contribution < -0.4 is 19.9 Å². The summed E-state index contributed by atoms with van der Waals surface area (Å²) in [7, 11) is 6.50. The summed E-state index contributed by atoms with van der Waals surface area (Å²) in [5.41, 5.74) is 6.10. The number of benzene rings is 1. The molecule has 1 aromatic rings. The molecular weight excluding hydrogens is 248 g/mol. The van der Waals surface area contributed by atoms with E-state index in [0.29, 0.717) is 23.8 Å². The van der Waals surface area contributed by atoms with Gasteiger partial charge in [-0.3, -0.25) is 9.69 Å². The van der Waals surface area contributed by atoms with Crippen molar-refractivity contribution in [2.24, 2.45) is 5.73 Å². The van der Waals surface area contributed by atoms with Crippen LogP contribution in [0.15, 0.2) is 12.1 Å². The normalized spacial score (nSPS) is 10.4. The van der Waals surface area contributed by atoms with Gasteiger partial charge >= 0.3 is 0 Å². The zero-order valence-corrected chi connectivity index (χ0v) is 11.7. The molecule has 19 heavy (non-hydrogen) atoms. The predicted octanol–water partition coefficient (Wildman–Crippen LogP) is 0.630. The third kappa shape index (κ3) is 4.03. The molecule has 0 radical (unpaired) electrons. The molecule has 1 rings (SSSR count). The molecule has 0 bridgehead atoms. The molecule has 1 aromatic carbocycles. The maximum absolute atomic E-state index is 10.9. The Morgan fingerprint density at radius 3 is 2.05 bits per heavy atom. The molecule has 0 aliphatic rings. The highest BCUT2D eigenvalue weighted by Gasteiger charge is 2.14. The molecular formula is C13H20N2O4. The van der Waals surface area contributed by atoms with Crippen LogP contribution in [-0.2, 0) is 11.3 Å². The molecule has 0 heterocycles. The quantitative estimate of drug-likeness (QED) is 0.785. The first kappa shape index (κ1) is 15.1. The Bertz CT molecular complexity index is 423. The Morgan fingerprint density at radius 2 is 1.68 bits per heavy atom. The van der Waals surface area contributed by atoms with Crippen molar-refractivity contribution in [2.45, 2.75) is 6.54 Å². The SMILES string of the molecule is COc1cc(CN(C)CC(N)=O)cc(OC)c1OC. The summed E-state index contributed by atoms with van der Waals surface area (Å²) >= 11 is 0. The van der Waals surface area contributed by atoms with E-state index < -0.39 is 0 Å². The van der Waals surface area contributed by atoms with Gasteiger partial charge in [0.15, 0.2) is 11.5 Å². The van der Waals surface area contributed by atoms with Gasteiger partial charge < -0.3 is 19.9 Å². The Hall–Kier alpha value is -1.95. The number of carbonyl (C=O) groups is 1. The molecule has 0 saturated carbocycles. The fraction of sp³-hybridized carbons (Fsp3) is 0.462. The van der Waals surface area contributed by atoms with Gasteiger partial charge in [0.2, 0.25) is 11.7 Å². The van der Waals surface area contributed by atoms with Crippen LogP contribution in [0.3, 0.4) is 0 Å². The number of likely N-dealkylation sites (N-methyl/N-ethyl adjacent to an activating group) is 1. The number of rotatable bonds is 7. The van der Waals surface area contributed by atoms with Gasteiger partial charge in [0.25, 0.3) is 0 Å². The third-order valence-corrected chi connectivity index (χ3v) is 2.60. The van der Waals surface area contributed by atoms with Crippen molar-refractivity contribution in [2.75, 3.05) is 34.9 Å². The molecule has 0 saturated heterocycles. The lowest BCUT2D eigenvalue weighted by molar-refractivity contribution is -0.118. The number of hydrogen-bond acceptors (Lipinski definition) is 5. The molecule has 6 nitrogen and oxygen atoms in total. The van der Waals surface area contributed by atoms with Crippen LogP contribution in [0.4, 0.5) is 0 Å². The average Bonchev–Trinajstić information content (AvgIpc) is 2.36. The van der Waals surface area contributed by atoms with E-state index in [9.17, 15) is 4.79 Å². The van der Waals surface area contributed by atoms with Gasteiger partial charge in [-0.25, -0.2) is 0 Å². The predicted molar refractivity (Wildman–Crippen MR) is 71.6 cm³/mol. The second-order valence-electron chi connectivity index (χ2n) is 4.17. The van der Waals surface area contributed by atoms with Crippen molar-refractivity contribution >= 4 is 5.91 Å². The van der Waals surface area contributed by atoms with Gasteiger partial charge in [-0.2, -0.15) is 0 Å². The number of ether oxygens (including phenoxy) is 3. The van der Waals surface area contributed by atoms with Gasteiger partial charge in [-0.05, 0) is 24.7 Å². The topological polar surface area (TPSA) is 74.0 Å². The number of nitrogens with two attached hydrogens (primary N) is 1. The number of hydrogen-bond donors (Lipinski definition) is 1. The maximum atomic E-state index is 10.9. The number of primary amides is 1. The lowest BCUT2D eigenvalue weighted by Gasteiger charge is -2.18. The highest BCUT2D eigenvalue weighted by Crippen LogP contribution is 2.38. The van der Waals surface area contributed by atoms with Gasteiger partial charge in [-0.1, -0.05) is 0 Å². The van der Waals surface area contributed by atoms with Crippen molar-refractivity contribution in [1.82, 2.24) is 4.90 Å². The fourth-order valence-electron chi connectivity index (χ4n) is 1.86. The molecule has 0 fully saturated rings. The molecule has 0 aromatic heterocycles. The minimum atomic E-state index is -0.366. The molecule has 0 aliphatic carbocycles. The zero-order chi connectivity index (χ0) is 14.4. The minimum Gasteiger partial charge on any atom is -0.493 e. The zero-order valence-electron chi connectivity index (χ0n) is 11.7. The fourth-order valence-corrected chi connectivity index (χ4v) is 1.86. The van der Waals surface area contributed by atoms with E-state index in [1.54, 1.807) is 21.3 Å². The molecule has 0 atom stereocenters. The van der Waals surface area contributed by atoms with E-state index >= 15 is 0 Å². The standard InChI is InChI=1S/C13H20N2O4/c1-15(8-12(14)16)7-9-5-10(17-2)13(19-4)11(6-9)18-3/h5-6H,7-8H2,1-4H3,(H2,14,16). The molecule has 0 unspecified atom stereocenters. The summed E-state index contributed by atoms with van der Waals surface area (Å²) < 4.78 is 15.8. The van der Waals surface area contributed by atoms with Crippen LogP contribution in [0.25, 0.3) is 0 Å². The molecule has 0 spiro atoms. The first-order valence-electron chi connectivity index (χ1n) is 5.77. The third-order valence-electron chi connectivity index (χ3n) is 2.60. The van der Waals surface area contributed by atoms with Crippen molar-refractivity contribution in [1.29, 1.82) is 0 Å².